The Balaban J connectivity index is 1.77. The van der Waals surface area contributed by atoms with Crippen LogP contribution in [-0.2, 0) is 0 Å². The van der Waals surface area contributed by atoms with Gasteiger partial charge in [0.1, 0.15) is 11.2 Å². The van der Waals surface area contributed by atoms with Gasteiger partial charge in [-0.05, 0) is 25.0 Å². The van der Waals surface area contributed by atoms with Gasteiger partial charge in [0.25, 0.3) is 5.56 Å². The summed E-state index contributed by atoms with van der Waals surface area (Å²) in [6, 6.07) is 3.22. The number of aromatic amines is 2. The maximum atomic E-state index is 12.5. The Morgan fingerprint density at radius 3 is 2.96 bits per heavy atom. The van der Waals surface area contributed by atoms with Crippen molar-refractivity contribution in [1.82, 2.24) is 24.5 Å². The van der Waals surface area contributed by atoms with Crippen molar-refractivity contribution < 1.29 is 5.11 Å². The number of fused-ring (bicyclic) bond motifs is 1. The lowest BCUT2D eigenvalue weighted by atomic mass is 9.85. The fraction of sp³-hybridized carbons (Fsp3) is 0.412. The average molecular weight is 356 g/mol. The molecule has 1 aliphatic carbocycles. The third-order valence-electron chi connectivity index (χ3n) is 4.96. The van der Waals surface area contributed by atoms with Gasteiger partial charge in [-0.2, -0.15) is 4.98 Å². The third-order valence-corrected chi connectivity index (χ3v) is 4.96. The molecule has 1 fully saturated rings. The molecule has 4 N–H and O–H groups in total. The summed E-state index contributed by atoms with van der Waals surface area (Å²) in [6.45, 7) is 0.0410. The zero-order chi connectivity index (χ0) is 18.1. The zero-order valence-corrected chi connectivity index (χ0v) is 14.1. The van der Waals surface area contributed by atoms with E-state index < -0.39 is 0 Å². The van der Waals surface area contributed by atoms with Crippen molar-refractivity contribution in [2.45, 2.75) is 31.7 Å². The maximum Gasteiger partial charge on any atom is 0.327 e. The molecule has 9 nitrogen and oxygen atoms in total. The Morgan fingerprint density at radius 1 is 1.31 bits per heavy atom. The van der Waals surface area contributed by atoms with Crippen LogP contribution in [0.1, 0.15) is 31.7 Å². The summed E-state index contributed by atoms with van der Waals surface area (Å²) in [7, 11) is 0. The molecular weight excluding hydrogens is 336 g/mol. The Labute approximate surface area is 148 Å². The second kappa shape index (κ2) is 6.75. The van der Waals surface area contributed by atoms with Crippen molar-refractivity contribution in [2.24, 2.45) is 5.92 Å². The second-order valence-corrected chi connectivity index (χ2v) is 6.56. The molecule has 1 aliphatic rings. The molecular formula is C17H20N6O3. The van der Waals surface area contributed by atoms with Gasteiger partial charge < -0.3 is 20.4 Å². The van der Waals surface area contributed by atoms with Gasteiger partial charge in [0, 0.05) is 24.8 Å². The van der Waals surface area contributed by atoms with Crippen LogP contribution >= 0.6 is 0 Å². The Hall–Kier alpha value is -2.94. The molecule has 26 heavy (non-hydrogen) atoms. The minimum Gasteiger partial charge on any atom is -0.396 e. The minimum atomic E-state index is -0.282. The number of imidazole rings is 1. The summed E-state index contributed by atoms with van der Waals surface area (Å²) in [4.78, 5) is 38.3. The van der Waals surface area contributed by atoms with Crippen LogP contribution in [0.15, 0.2) is 34.1 Å². The van der Waals surface area contributed by atoms with Crippen LogP contribution in [0.3, 0.4) is 0 Å². The topological polar surface area (TPSA) is 129 Å². The van der Waals surface area contributed by atoms with E-state index in [0.717, 1.165) is 25.7 Å². The van der Waals surface area contributed by atoms with Crippen LogP contribution < -0.4 is 16.6 Å². The molecule has 3 aromatic heterocycles. The average Bonchev–Trinajstić information content (AvgIpc) is 2.98. The third kappa shape index (κ3) is 2.90. The first-order valence-electron chi connectivity index (χ1n) is 8.70. The highest BCUT2D eigenvalue weighted by Gasteiger charge is 2.29. The van der Waals surface area contributed by atoms with Gasteiger partial charge in [0.15, 0.2) is 5.65 Å². The van der Waals surface area contributed by atoms with E-state index in [9.17, 15) is 14.7 Å². The smallest absolute Gasteiger partial charge is 0.327 e. The SMILES string of the molecule is O=c1[nH]cccc1Nc1ncc2[nH]c(=O)n([C@H]3CCCC[C@H]3CO)c2n1. The van der Waals surface area contributed by atoms with Crippen molar-refractivity contribution in [3.8, 4) is 0 Å². The van der Waals surface area contributed by atoms with Crippen molar-refractivity contribution in [2.75, 3.05) is 11.9 Å². The summed E-state index contributed by atoms with van der Waals surface area (Å²) in [5.74, 6) is 0.266. The van der Waals surface area contributed by atoms with E-state index in [0.29, 0.717) is 16.9 Å². The molecule has 0 aliphatic heterocycles. The number of hydrogen-bond acceptors (Lipinski definition) is 6. The van der Waals surface area contributed by atoms with Crippen LogP contribution in [-0.4, -0.2) is 36.2 Å². The molecule has 2 atom stereocenters. The number of pyridine rings is 1. The van der Waals surface area contributed by atoms with Crippen molar-refractivity contribution >= 4 is 22.8 Å². The fourth-order valence-corrected chi connectivity index (χ4v) is 3.67. The molecule has 3 aromatic rings. The largest absolute Gasteiger partial charge is 0.396 e. The molecule has 0 amide bonds. The monoisotopic (exact) mass is 356 g/mol. The van der Waals surface area contributed by atoms with E-state index in [1.807, 2.05) is 0 Å². The van der Waals surface area contributed by atoms with E-state index in [1.165, 1.54) is 6.20 Å². The normalized spacial score (nSPS) is 20.3. The summed E-state index contributed by atoms with van der Waals surface area (Å²) < 4.78 is 1.62. The summed E-state index contributed by atoms with van der Waals surface area (Å²) >= 11 is 0. The van der Waals surface area contributed by atoms with E-state index in [1.54, 1.807) is 22.9 Å². The molecule has 0 spiro atoms. The predicted molar refractivity (Wildman–Crippen MR) is 96.6 cm³/mol. The number of aliphatic hydroxyl groups is 1. The first kappa shape index (κ1) is 16.5. The Morgan fingerprint density at radius 2 is 2.15 bits per heavy atom. The number of aromatic nitrogens is 5. The van der Waals surface area contributed by atoms with Crippen LogP contribution in [0.25, 0.3) is 11.2 Å². The number of aliphatic hydroxyl groups excluding tert-OH is 1. The molecule has 1 saturated carbocycles. The lowest BCUT2D eigenvalue weighted by Gasteiger charge is -2.30. The second-order valence-electron chi connectivity index (χ2n) is 6.56. The molecule has 3 heterocycles. The number of rotatable bonds is 4. The first-order chi connectivity index (χ1) is 12.7. The van der Waals surface area contributed by atoms with Gasteiger partial charge in [0.05, 0.1) is 6.20 Å². The molecule has 136 valence electrons. The van der Waals surface area contributed by atoms with Gasteiger partial charge in [-0.1, -0.05) is 12.8 Å². The highest BCUT2D eigenvalue weighted by Crippen LogP contribution is 2.34. The minimum absolute atomic E-state index is 0.0313. The van der Waals surface area contributed by atoms with Gasteiger partial charge in [-0.3, -0.25) is 9.36 Å². The maximum absolute atomic E-state index is 12.5. The molecule has 4 rings (SSSR count). The number of H-pyrrole nitrogens is 2. The summed E-state index contributed by atoms with van der Waals surface area (Å²) in [5, 5.41) is 12.6. The molecule has 0 saturated heterocycles. The highest BCUT2D eigenvalue weighted by molar-refractivity contribution is 5.72. The highest BCUT2D eigenvalue weighted by atomic mass is 16.3. The predicted octanol–water partition coefficient (Wildman–Crippen LogP) is 1.28. The van der Waals surface area contributed by atoms with Gasteiger partial charge in [-0.15, -0.1) is 0 Å². The quantitative estimate of drug-likeness (QED) is 0.557. The van der Waals surface area contributed by atoms with E-state index in [4.69, 9.17) is 0 Å². The van der Waals surface area contributed by atoms with Crippen LogP contribution in [0.5, 0.6) is 0 Å². The van der Waals surface area contributed by atoms with Crippen LogP contribution in [0, 0.1) is 5.92 Å². The Bertz CT molecular complexity index is 1040. The van der Waals surface area contributed by atoms with E-state index in [-0.39, 0.29) is 35.8 Å². The molecule has 0 radical (unpaired) electrons. The molecule has 0 unspecified atom stereocenters. The van der Waals surface area contributed by atoms with Crippen molar-refractivity contribution in [1.29, 1.82) is 0 Å². The number of nitrogens with one attached hydrogen (secondary N) is 3. The number of nitrogens with zero attached hydrogens (tertiary/aromatic N) is 3. The molecule has 0 bridgehead atoms. The molecule has 9 heteroatoms. The summed E-state index contributed by atoms with van der Waals surface area (Å²) in [6.07, 6.45) is 6.84. The van der Waals surface area contributed by atoms with Crippen LogP contribution in [0.2, 0.25) is 0 Å². The lowest BCUT2D eigenvalue weighted by Crippen LogP contribution is -2.32. The van der Waals surface area contributed by atoms with Gasteiger partial charge in [0.2, 0.25) is 5.95 Å². The van der Waals surface area contributed by atoms with Gasteiger partial charge in [-0.25, -0.2) is 9.78 Å². The van der Waals surface area contributed by atoms with Crippen molar-refractivity contribution in [3.63, 3.8) is 0 Å². The standard InChI is InChI=1S/C17H20N6O3/c24-9-10-4-1-2-6-13(10)23-14-12(21-17(23)26)8-19-16(22-14)20-11-5-3-7-18-15(11)25/h3,5,7-8,10,13,24H,1-2,4,6,9H2,(H,18,25)(H,21,26)(H,19,20,22)/t10-,13-/m0/s1. The fourth-order valence-electron chi connectivity index (χ4n) is 3.67. The van der Waals surface area contributed by atoms with E-state index >= 15 is 0 Å². The Kier molecular flexibility index (Phi) is 4.29. The number of hydrogen-bond donors (Lipinski definition) is 4. The van der Waals surface area contributed by atoms with Gasteiger partial charge >= 0.3 is 5.69 Å². The summed E-state index contributed by atoms with van der Waals surface area (Å²) in [5.41, 5.74) is 0.793. The van der Waals surface area contributed by atoms with E-state index in [2.05, 4.69) is 25.3 Å². The number of anilines is 2. The van der Waals surface area contributed by atoms with Crippen LogP contribution in [0.4, 0.5) is 11.6 Å². The molecule has 0 aromatic carbocycles. The van der Waals surface area contributed by atoms with Crippen molar-refractivity contribution in [3.05, 3.63) is 45.4 Å². The first-order valence-corrected chi connectivity index (χ1v) is 8.70. The lowest BCUT2D eigenvalue weighted by molar-refractivity contribution is 0.139. The zero-order valence-electron chi connectivity index (χ0n) is 14.1.